The highest BCUT2D eigenvalue weighted by molar-refractivity contribution is 9.10. The number of rotatable bonds is 4. The molecule has 0 aromatic heterocycles. The number of fused-ring (bicyclic) bond motifs is 1. The fourth-order valence-corrected chi connectivity index (χ4v) is 4.78. The van der Waals surface area contributed by atoms with Crippen LogP contribution in [0.15, 0.2) is 71.2 Å². The number of anilines is 2. The number of aromatic hydroxyl groups is 1. The van der Waals surface area contributed by atoms with Gasteiger partial charge in [-0.3, -0.25) is 14.4 Å². The molecule has 33 heavy (non-hydrogen) atoms. The van der Waals surface area contributed by atoms with E-state index in [1.807, 2.05) is 30.3 Å². The molecule has 0 radical (unpaired) electrons. The molecule has 2 saturated heterocycles. The van der Waals surface area contributed by atoms with Crippen molar-refractivity contribution in [2.24, 2.45) is 5.92 Å². The summed E-state index contributed by atoms with van der Waals surface area (Å²) in [6, 6.07) is 16.9. The summed E-state index contributed by atoms with van der Waals surface area (Å²) >= 11 is 3.33. The first-order valence-corrected chi connectivity index (χ1v) is 10.9. The summed E-state index contributed by atoms with van der Waals surface area (Å²) in [6.45, 7) is 0. The number of imide groups is 1. The van der Waals surface area contributed by atoms with Crippen LogP contribution in [0, 0.1) is 11.7 Å². The fraction of sp³-hybridized carbons (Fsp3) is 0.167. The third kappa shape index (κ3) is 3.44. The van der Waals surface area contributed by atoms with Gasteiger partial charge in [-0.1, -0.05) is 18.2 Å². The van der Waals surface area contributed by atoms with Crippen molar-refractivity contribution in [3.8, 4) is 11.5 Å². The van der Waals surface area contributed by atoms with Crippen LogP contribution in [0.25, 0.3) is 0 Å². The zero-order chi connectivity index (χ0) is 23.3. The molecule has 168 valence electrons. The number of benzene rings is 3. The van der Waals surface area contributed by atoms with E-state index in [1.165, 1.54) is 31.4 Å². The number of hydrogen-bond acceptors (Lipinski definition) is 6. The summed E-state index contributed by atoms with van der Waals surface area (Å²) in [5.74, 6) is -2.19. The van der Waals surface area contributed by atoms with Crippen LogP contribution in [0.1, 0.15) is 11.6 Å². The van der Waals surface area contributed by atoms with Crippen LogP contribution < -0.4 is 14.7 Å². The number of ether oxygens (including phenoxy) is 1. The average molecular weight is 513 g/mol. The van der Waals surface area contributed by atoms with E-state index < -0.39 is 35.7 Å². The topological polar surface area (TPSA) is 79.3 Å². The maximum absolute atomic E-state index is 13.6. The van der Waals surface area contributed by atoms with Crippen LogP contribution in [0.4, 0.5) is 15.8 Å². The summed E-state index contributed by atoms with van der Waals surface area (Å²) in [4.78, 5) is 33.9. The van der Waals surface area contributed by atoms with E-state index in [4.69, 9.17) is 9.57 Å². The molecule has 2 aliphatic heterocycles. The number of methoxy groups -OCH3 is 1. The summed E-state index contributed by atoms with van der Waals surface area (Å²) in [7, 11) is 1.43. The number of halogens is 2. The highest BCUT2D eigenvalue weighted by Gasteiger charge is 2.60. The minimum Gasteiger partial charge on any atom is -0.503 e. The van der Waals surface area contributed by atoms with Crippen molar-refractivity contribution in [3.05, 3.63) is 82.6 Å². The second-order valence-electron chi connectivity index (χ2n) is 7.70. The number of carbonyl (C=O) groups excluding carboxylic acids is 2. The van der Waals surface area contributed by atoms with E-state index in [-0.39, 0.29) is 17.2 Å². The van der Waals surface area contributed by atoms with Gasteiger partial charge >= 0.3 is 0 Å². The van der Waals surface area contributed by atoms with E-state index in [0.717, 1.165) is 4.90 Å². The quantitative estimate of drug-likeness (QED) is 0.523. The van der Waals surface area contributed by atoms with Crippen molar-refractivity contribution in [1.29, 1.82) is 0 Å². The SMILES string of the molecule is COc1cc([C@H]2[C@@H]3C(=O)N(c4ccc(F)cc4)C(=O)[C@@H]3ON2c2ccccc2)cc(Br)c1O. The first-order chi connectivity index (χ1) is 15.9. The number of phenolic OH excluding ortho intramolecular Hbond substituents is 1. The Kier molecular flexibility index (Phi) is 5.30. The molecular formula is C24H18BrFN2O5. The normalized spacial score (nSPS) is 22.1. The zero-order valence-corrected chi connectivity index (χ0v) is 18.9. The Morgan fingerprint density at radius 1 is 1.00 bits per heavy atom. The number of phenols is 1. The lowest BCUT2D eigenvalue weighted by Crippen LogP contribution is -2.37. The Morgan fingerprint density at radius 3 is 2.36 bits per heavy atom. The van der Waals surface area contributed by atoms with Crippen LogP contribution in [0.5, 0.6) is 11.5 Å². The molecule has 0 bridgehead atoms. The number of hydrogen-bond donors (Lipinski definition) is 1. The zero-order valence-electron chi connectivity index (χ0n) is 17.3. The lowest BCUT2D eigenvalue weighted by Gasteiger charge is -2.29. The molecule has 0 saturated carbocycles. The van der Waals surface area contributed by atoms with Gasteiger partial charge in [-0.2, -0.15) is 0 Å². The molecule has 0 unspecified atom stereocenters. The van der Waals surface area contributed by atoms with E-state index in [9.17, 15) is 19.1 Å². The standard InChI is InChI=1S/C24H18BrFN2O5/c1-32-18-12-13(11-17(25)21(18)29)20-19-22(33-28(20)16-5-3-2-4-6-16)24(31)27(23(19)30)15-9-7-14(26)8-10-15/h2-12,19-20,22,29H,1H3/t19-,20-,22+/m0/s1. The number of hydroxylamine groups is 1. The fourth-order valence-electron chi connectivity index (χ4n) is 4.32. The molecule has 7 nitrogen and oxygen atoms in total. The van der Waals surface area contributed by atoms with Crippen LogP contribution in [-0.4, -0.2) is 30.1 Å². The Labute approximate surface area is 197 Å². The predicted octanol–water partition coefficient (Wildman–Crippen LogP) is 4.35. The molecule has 3 aromatic rings. The van der Waals surface area contributed by atoms with Crippen LogP contribution >= 0.6 is 15.9 Å². The van der Waals surface area contributed by atoms with Crippen molar-refractivity contribution in [2.75, 3.05) is 17.1 Å². The molecule has 2 aliphatic rings. The van der Waals surface area contributed by atoms with Crippen LogP contribution in [0.2, 0.25) is 0 Å². The second kappa shape index (κ2) is 8.17. The average Bonchev–Trinajstić information content (AvgIpc) is 3.33. The molecule has 3 aromatic carbocycles. The van der Waals surface area contributed by atoms with Gasteiger partial charge in [-0.15, -0.1) is 0 Å². The highest BCUT2D eigenvalue weighted by atomic mass is 79.9. The number of para-hydroxylation sites is 1. The lowest BCUT2D eigenvalue weighted by atomic mass is 9.90. The molecule has 1 N–H and O–H groups in total. The third-order valence-electron chi connectivity index (χ3n) is 5.82. The van der Waals surface area contributed by atoms with Crippen LogP contribution in [0.3, 0.4) is 0 Å². The summed E-state index contributed by atoms with van der Waals surface area (Å²) < 4.78 is 19.1. The smallest absolute Gasteiger partial charge is 0.266 e. The van der Waals surface area contributed by atoms with Gasteiger partial charge in [0.15, 0.2) is 17.6 Å². The van der Waals surface area contributed by atoms with Crippen molar-refractivity contribution in [2.45, 2.75) is 12.1 Å². The molecule has 0 aliphatic carbocycles. The number of amides is 2. The van der Waals surface area contributed by atoms with Gasteiger partial charge in [-0.25, -0.2) is 14.4 Å². The van der Waals surface area contributed by atoms with Crippen LogP contribution in [-0.2, 0) is 14.4 Å². The van der Waals surface area contributed by atoms with Gasteiger partial charge in [-0.05, 0) is 70.0 Å². The molecule has 5 rings (SSSR count). The van der Waals surface area contributed by atoms with Crippen molar-refractivity contribution in [3.63, 3.8) is 0 Å². The maximum Gasteiger partial charge on any atom is 0.266 e. The second-order valence-corrected chi connectivity index (χ2v) is 8.55. The van der Waals surface area contributed by atoms with Gasteiger partial charge in [0.1, 0.15) is 11.7 Å². The summed E-state index contributed by atoms with van der Waals surface area (Å²) in [5.41, 5.74) is 1.54. The third-order valence-corrected chi connectivity index (χ3v) is 6.43. The molecule has 2 amide bonds. The summed E-state index contributed by atoms with van der Waals surface area (Å²) in [5, 5.41) is 11.8. The molecule has 2 fully saturated rings. The van der Waals surface area contributed by atoms with E-state index in [2.05, 4.69) is 15.9 Å². The number of nitrogens with zero attached hydrogens (tertiary/aromatic N) is 2. The summed E-state index contributed by atoms with van der Waals surface area (Å²) in [6.07, 6.45) is -1.06. The Balaban J connectivity index is 1.62. The van der Waals surface area contributed by atoms with Gasteiger partial charge in [0.05, 0.1) is 29.0 Å². The Hall–Kier alpha value is -3.43. The molecule has 2 heterocycles. The molecule has 0 spiro atoms. The minimum absolute atomic E-state index is 0.0789. The van der Waals surface area contributed by atoms with Crippen molar-refractivity contribution in [1.82, 2.24) is 0 Å². The Morgan fingerprint density at radius 2 is 1.70 bits per heavy atom. The van der Waals surface area contributed by atoms with Gasteiger partial charge < -0.3 is 9.84 Å². The highest BCUT2D eigenvalue weighted by Crippen LogP contribution is 2.49. The predicted molar refractivity (Wildman–Crippen MR) is 121 cm³/mol. The van der Waals surface area contributed by atoms with E-state index in [0.29, 0.717) is 15.7 Å². The number of carbonyl (C=O) groups is 2. The van der Waals surface area contributed by atoms with Gasteiger partial charge in [0.25, 0.3) is 5.91 Å². The molecule has 3 atom stereocenters. The maximum atomic E-state index is 13.6. The van der Waals surface area contributed by atoms with E-state index in [1.54, 1.807) is 17.2 Å². The minimum atomic E-state index is -1.06. The van der Waals surface area contributed by atoms with Crippen molar-refractivity contribution < 1.29 is 28.7 Å². The van der Waals surface area contributed by atoms with Crippen molar-refractivity contribution >= 4 is 39.1 Å². The lowest BCUT2D eigenvalue weighted by molar-refractivity contribution is -0.126. The first kappa shape index (κ1) is 21.4. The molecule has 9 heteroatoms. The monoisotopic (exact) mass is 512 g/mol. The van der Waals surface area contributed by atoms with Gasteiger partial charge in [0.2, 0.25) is 5.91 Å². The Bertz CT molecular complexity index is 1240. The first-order valence-electron chi connectivity index (χ1n) is 10.1. The van der Waals surface area contributed by atoms with Gasteiger partial charge in [0, 0.05) is 0 Å². The van der Waals surface area contributed by atoms with E-state index >= 15 is 0 Å². The molecular weight excluding hydrogens is 495 g/mol. The largest absolute Gasteiger partial charge is 0.503 e.